The summed E-state index contributed by atoms with van der Waals surface area (Å²) in [6.07, 6.45) is 5.99. The van der Waals surface area contributed by atoms with Crippen molar-refractivity contribution in [3.05, 3.63) is 12.4 Å². The van der Waals surface area contributed by atoms with E-state index in [2.05, 4.69) is 20.9 Å². The smallest absolute Gasteiger partial charge is 0.315 e. The summed E-state index contributed by atoms with van der Waals surface area (Å²) in [5, 5.41) is 22.0. The Hall–Kier alpha value is -2.12. The van der Waals surface area contributed by atoms with Gasteiger partial charge in [-0.05, 0) is 25.7 Å². The van der Waals surface area contributed by atoms with Gasteiger partial charge < -0.3 is 15.7 Å². The van der Waals surface area contributed by atoms with Crippen molar-refractivity contribution in [2.45, 2.75) is 38.3 Å². The molecule has 0 aliphatic heterocycles. The van der Waals surface area contributed by atoms with Gasteiger partial charge in [0.2, 0.25) is 0 Å². The Morgan fingerprint density at radius 3 is 2.65 bits per heavy atom. The van der Waals surface area contributed by atoms with Crippen molar-refractivity contribution in [2.24, 2.45) is 5.92 Å². The number of nitrogens with zero attached hydrogens (tertiary/aromatic N) is 3. The lowest BCUT2D eigenvalue weighted by Crippen LogP contribution is -2.44. The molecule has 0 aromatic carbocycles. The van der Waals surface area contributed by atoms with Crippen LogP contribution in [0.4, 0.5) is 4.79 Å². The average molecular weight is 281 g/mol. The molecule has 3 N–H and O–H groups in total. The van der Waals surface area contributed by atoms with Crippen molar-refractivity contribution in [1.29, 1.82) is 0 Å². The van der Waals surface area contributed by atoms with Crippen molar-refractivity contribution >= 4 is 12.0 Å². The maximum Gasteiger partial charge on any atom is 0.315 e. The summed E-state index contributed by atoms with van der Waals surface area (Å²) in [5.74, 6) is -0.996. The number of carboxylic acids is 1. The van der Waals surface area contributed by atoms with E-state index in [9.17, 15) is 9.59 Å². The highest BCUT2D eigenvalue weighted by atomic mass is 16.4. The number of hydrogen-bond donors (Lipinski definition) is 3. The minimum absolute atomic E-state index is 0.0666. The second-order valence-corrected chi connectivity index (χ2v) is 4.95. The molecule has 0 bridgehead atoms. The van der Waals surface area contributed by atoms with Crippen molar-refractivity contribution in [1.82, 2.24) is 25.6 Å². The van der Waals surface area contributed by atoms with Crippen molar-refractivity contribution in [2.75, 3.05) is 6.54 Å². The Kier molecular flexibility index (Phi) is 4.91. The van der Waals surface area contributed by atoms with Crippen LogP contribution in [0.15, 0.2) is 12.4 Å². The van der Waals surface area contributed by atoms with Gasteiger partial charge in [0.25, 0.3) is 0 Å². The summed E-state index contributed by atoms with van der Waals surface area (Å²) in [4.78, 5) is 22.5. The van der Waals surface area contributed by atoms with Crippen molar-refractivity contribution < 1.29 is 14.7 Å². The molecule has 1 fully saturated rings. The third-order valence-electron chi connectivity index (χ3n) is 3.51. The Morgan fingerprint density at radius 2 is 2.05 bits per heavy atom. The topological polar surface area (TPSA) is 109 Å². The van der Waals surface area contributed by atoms with E-state index in [4.69, 9.17) is 5.11 Å². The minimum atomic E-state index is -0.735. The monoisotopic (exact) mass is 281 g/mol. The van der Waals surface area contributed by atoms with Gasteiger partial charge in [0, 0.05) is 18.8 Å². The normalized spacial score (nSPS) is 22.2. The highest BCUT2D eigenvalue weighted by molar-refractivity contribution is 5.74. The predicted molar refractivity (Wildman–Crippen MR) is 69.9 cm³/mol. The van der Waals surface area contributed by atoms with Gasteiger partial charge >= 0.3 is 12.0 Å². The zero-order valence-electron chi connectivity index (χ0n) is 11.2. The van der Waals surface area contributed by atoms with Crippen LogP contribution >= 0.6 is 0 Å². The molecule has 0 radical (unpaired) electrons. The van der Waals surface area contributed by atoms with Crippen LogP contribution in [-0.2, 0) is 11.3 Å². The zero-order chi connectivity index (χ0) is 14.4. The molecular formula is C12H19N5O3. The molecule has 1 aromatic rings. The minimum Gasteiger partial charge on any atom is -0.481 e. The molecule has 1 aliphatic carbocycles. The Balaban J connectivity index is 1.61. The van der Waals surface area contributed by atoms with Crippen LogP contribution in [0.1, 0.15) is 25.7 Å². The second-order valence-electron chi connectivity index (χ2n) is 4.95. The number of carbonyl (C=O) groups is 2. The summed E-state index contributed by atoms with van der Waals surface area (Å²) in [5.41, 5.74) is 0. The van der Waals surface area contributed by atoms with Gasteiger partial charge in [0.05, 0.1) is 18.7 Å². The fourth-order valence-electron chi connectivity index (χ4n) is 2.36. The molecule has 8 nitrogen and oxygen atoms in total. The van der Waals surface area contributed by atoms with Crippen LogP contribution in [0, 0.1) is 5.92 Å². The lowest BCUT2D eigenvalue weighted by molar-refractivity contribution is -0.142. The lowest BCUT2D eigenvalue weighted by atomic mass is 9.86. The predicted octanol–water partition coefficient (Wildman–Crippen LogP) is 0.221. The number of rotatable bonds is 5. The molecule has 0 unspecified atom stereocenters. The van der Waals surface area contributed by atoms with Gasteiger partial charge in [-0.2, -0.15) is 0 Å². The largest absolute Gasteiger partial charge is 0.481 e. The Bertz CT molecular complexity index is 440. The number of aliphatic carboxylic acids is 1. The first kappa shape index (κ1) is 14.3. The quantitative estimate of drug-likeness (QED) is 0.715. The maximum absolute atomic E-state index is 11.7. The van der Waals surface area contributed by atoms with Gasteiger partial charge in [0.1, 0.15) is 0 Å². The summed E-state index contributed by atoms with van der Waals surface area (Å²) in [7, 11) is 0. The molecule has 1 aromatic heterocycles. The number of carboxylic acid groups (broad SMARTS) is 1. The first-order valence-electron chi connectivity index (χ1n) is 6.76. The molecule has 20 heavy (non-hydrogen) atoms. The highest BCUT2D eigenvalue weighted by Crippen LogP contribution is 2.24. The lowest BCUT2D eigenvalue weighted by Gasteiger charge is -2.26. The molecule has 2 rings (SSSR count). The van der Waals surface area contributed by atoms with Crippen LogP contribution < -0.4 is 10.6 Å². The van der Waals surface area contributed by atoms with E-state index in [0.717, 1.165) is 0 Å². The molecule has 2 amide bonds. The summed E-state index contributed by atoms with van der Waals surface area (Å²) in [6.45, 7) is 1.04. The average Bonchev–Trinajstić information content (AvgIpc) is 2.92. The van der Waals surface area contributed by atoms with E-state index >= 15 is 0 Å². The van der Waals surface area contributed by atoms with E-state index in [1.807, 2.05) is 0 Å². The molecule has 110 valence electrons. The molecule has 1 saturated carbocycles. The van der Waals surface area contributed by atoms with E-state index in [1.54, 1.807) is 17.1 Å². The number of carbonyl (C=O) groups excluding carboxylic acids is 1. The van der Waals surface area contributed by atoms with Gasteiger partial charge in [0.15, 0.2) is 0 Å². The fourth-order valence-corrected chi connectivity index (χ4v) is 2.36. The van der Waals surface area contributed by atoms with Crippen LogP contribution in [-0.4, -0.2) is 44.7 Å². The standard InChI is InChI=1S/C12H19N5O3/c18-11(19)9-1-3-10(4-2-9)15-12(20)13-5-7-17-8-6-14-16-17/h6,8-10H,1-5,7H2,(H,18,19)(H2,13,15,20). The SMILES string of the molecule is O=C(NCCn1ccnn1)NC1CCC(C(=O)O)CC1. The third-order valence-corrected chi connectivity index (χ3v) is 3.51. The first-order valence-corrected chi connectivity index (χ1v) is 6.76. The first-order chi connectivity index (χ1) is 9.65. The summed E-state index contributed by atoms with van der Waals surface area (Å²) >= 11 is 0. The second kappa shape index (κ2) is 6.88. The number of amides is 2. The van der Waals surface area contributed by atoms with Gasteiger partial charge in [-0.15, -0.1) is 5.10 Å². The molecule has 8 heteroatoms. The molecule has 1 heterocycles. The Morgan fingerprint density at radius 1 is 1.30 bits per heavy atom. The molecule has 1 aliphatic rings. The van der Waals surface area contributed by atoms with Crippen molar-refractivity contribution in [3.63, 3.8) is 0 Å². The van der Waals surface area contributed by atoms with Crippen LogP contribution in [0.3, 0.4) is 0 Å². The molecule has 0 saturated heterocycles. The van der Waals surface area contributed by atoms with Gasteiger partial charge in [-0.25, -0.2) is 4.79 Å². The Labute approximate surface area is 116 Å². The molecular weight excluding hydrogens is 262 g/mol. The molecule has 0 spiro atoms. The third kappa shape index (κ3) is 4.22. The fraction of sp³-hybridized carbons (Fsp3) is 0.667. The number of nitrogens with one attached hydrogen (secondary N) is 2. The van der Waals surface area contributed by atoms with Gasteiger partial charge in [-0.1, -0.05) is 5.21 Å². The zero-order valence-corrected chi connectivity index (χ0v) is 11.2. The van der Waals surface area contributed by atoms with E-state index in [0.29, 0.717) is 38.8 Å². The maximum atomic E-state index is 11.7. The van der Waals surface area contributed by atoms with Crippen molar-refractivity contribution in [3.8, 4) is 0 Å². The van der Waals surface area contributed by atoms with Crippen LogP contribution in [0.25, 0.3) is 0 Å². The number of urea groups is 1. The highest BCUT2D eigenvalue weighted by Gasteiger charge is 2.26. The van der Waals surface area contributed by atoms with Crippen LogP contribution in [0.5, 0.6) is 0 Å². The van der Waals surface area contributed by atoms with E-state index in [1.165, 1.54) is 0 Å². The van der Waals surface area contributed by atoms with E-state index < -0.39 is 5.97 Å². The van der Waals surface area contributed by atoms with E-state index in [-0.39, 0.29) is 18.0 Å². The van der Waals surface area contributed by atoms with Gasteiger partial charge in [-0.3, -0.25) is 9.48 Å². The number of hydrogen-bond acceptors (Lipinski definition) is 4. The molecule has 0 atom stereocenters. The summed E-state index contributed by atoms with van der Waals surface area (Å²) in [6, 6.07) is -0.152. The number of aromatic nitrogens is 3. The van der Waals surface area contributed by atoms with Crippen LogP contribution in [0.2, 0.25) is 0 Å². The summed E-state index contributed by atoms with van der Waals surface area (Å²) < 4.78 is 1.64.